The van der Waals surface area contributed by atoms with Crippen molar-refractivity contribution < 1.29 is 13.2 Å². The molecule has 1 aliphatic rings. The van der Waals surface area contributed by atoms with Crippen LogP contribution in [-0.2, 0) is 23.2 Å². The average molecular weight is 378 g/mol. The highest BCUT2D eigenvalue weighted by Crippen LogP contribution is 2.23. The first kappa shape index (κ1) is 18.8. The highest BCUT2D eigenvalue weighted by atomic mass is 32.2. The molecule has 1 atom stereocenters. The van der Waals surface area contributed by atoms with E-state index in [1.165, 1.54) is 0 Å². The zero-order valence-corrected chi connectivity index (χ0v) is 15.9. The van der Waals surface area contributed by atoms with Gasteiger partial charge in [0.2, 0.25) is 10.0 Å². The van der Waals surface area contributed by atoms with E-state index in [4.69, 9.17) is 4.74 Å². The molecule has 0 amide bonds. The predicted octanol–water partition coefficient (Wildman–Crippen LogP) is 2.45. The molecule has 0 spiro atoms. The Bertz CT molecular complexity index is 792. The Labute approximate surface area is 155 Å². The Morgan fingerprint density at radius 3 is 2.81 bits per heavy atom. The minimum atomic E-state index is -3.14. The standard InChI is InChI=1S/C18H26N4O3S/c1-2-26(23,24)22-12-7-6-8-17(22)11-13-21-14-16(19-20-21)15-25-18-9-4-3-5-10-18/h3-5,9-10,14,17H,2,6-8,11-13,15H2,1H3. The normalized spacial score (nSPS) is 18.7. The van der Waals surface area contributed by atoms with Crippen molar-refractivity contribution in [2.24, 2.45) is 0 Å². The quantitative estimate of drug-likeness (QED) is 0.705. The maximum Gasteiger partial charge on any atom is 0.214 e. The molecule has 3 rings (SSSR count). The monoisotopic (exact) mass is 378 g/mol. The summed E-state index contributed by atoms with van der Waals surface area (Å²) in [5.74, 6) is 0.957. The van der Waals surface area contributed by atoms with Crippen LogP contribution in [0.15, 0.2) is 36.5 Å². The lowest BCUT2D eigenvalue weighted by molar-refractivity contribution is 0.231. The Hall–Kier alpha value is -1.93. The number of aryl methyl sites for hydroxylation is 1. The molecule has 1 saturated heterocycles. The van der Waals surface area contributed by atoms with Gasteiger partial charge < -0.3 is 4.74 Å². The Morgan fingerprint density at radius 1 is 1.23 bits per heavy atom. The topological polar surface area (TPSA) is 77.3 Å². The summed E-state index contributed by atoms with van der Waals surface area (Å²) in [5.41, 5.74) is 0.760. The zero-order valence-electron chi connectivity index (χ0n) is 15.1. The number of hydrogen-bond acceptors (Lipinski definition) is 5. The van der Waals surface area contributed by atoms with Gasteiger partial charge in [0.25, 0.3) is 0 Å². The minimum Gasteiger partial charge on any atom is -0.487 e. The third-order valence-corrected chi connectivity index (χ3v) is 6.63. The van der Waals surface area contributed by atoms with E-state index in [2.05, 4.69) is 10.3 Å². The molecule has 142 valence electrons. The van der Waals surface area contributed by atoms with Crippen molar-refractivity contribution in [1.29, 1.82) is 0 Å². The Kier molecular flexibility index (Phi) is 6.26. The number of hydrogen-bond donors (Lipinski definition) is 0. The van der Waals surface area contributed by atoms with Crippen LogP contribution in [0, 0.1) is 0 Å². The number of nitrogens with zero attached hydrogens (tertiary/aromatic N) is 4. The number of benzene rings is 1. The van der Waals surface area contributed by atoms with Gasteiger partial charge in [0.1, 0.15) is 18.1 Å². The summed E-state index contributed by atoms with van der Waals surface area (Å²) in [7, 11) is -3.14. The molecule has 2 heterocycles. The summed E-state index contributed by atoms with van der Waals surface area (Å²) < 4.78 is 33.7. The van der Waals surface area contributed by atoms with E-state index >= 15 is 0 Å². The van der Waals surface area contributed by atoms with Gasteiger partial charge in [0.15, 0.2) is 0 Å². The molecule has 2 aromatic rings. The number of ether oxygens (including phenoxy) is 1. The molecular weight excluding hydrogens is 352 g/mol. The summed E-state index contributed by atoms with van der Waals surface area (Å²) in [4.78, 5) is 0. The van der Waals surface area contributed by atoms with Gasteiger partial charge >= 0.3 is 0 Å². The number of aromatic nitrogens is 3. The fraction of sp³-hybridized carbons (Fsp3) is 0.556. The molecule has 26 heavy (non-hydrogen) atoms. The second kappa shape index (κ2) is 8.64. The number of piperidine rings is 1. The summed E-state index contributed by atoms with van der Waals surface area (Å²) >= 11 is 0. The van der Waals surface area contributed by atoms with Crippen LogP contribution >= 0.6 is 0 Å². The van der Waals surface area contributed by atoms with Gasteiger partial charge in [-0.05, 0) is 38.3 Å². The maximum absolute atomic E-state index is 12.3. The van der Waals surface area contributed by atoms with Crippen LogP contribution in [0.1, 0.15) is 38.3 Å². The molecule has 0 radical (unpaired) electrons. The highest BCUT2D eigenvalue weighted by Gasteiger charge is 2.30. The van der Waals surface area contributed by atoms with Crippen molar-refractivity contribution in [2.75, 3.05) is 12.3 Å². The van der Waals surface area contributed by atoms with E-state index < -0.39 is 10.0 Å². The summed E-state index contributed by atoms with van der Waals surface area (Å²) in [5, 5.41) is 8.27. The van der Waals surface area contributed by atoms with Gasteiger partial charge in [-0.15, -0.1) is 5.10 Å². The second-order valence-electron chi connectivity index (χ2n) is 6.52. The largest absolute Gasteiger partial charge is 0.487 e. The molecule has 7 nitrogen and oxygen atoms in total. The van der Waals surface area contributed by atoms with Crippen LogP contribution in [-0.4, -0.2) is 46.1 Å². The summed E-state index contributed by atoms with van der Waals surface area (Å²) in [6, 6.07) is 9.64. The Morgan fingerprint density at radius 2 is 2.04 bits per heavy atom. The smallest absolute Gasteiger partial charge is 0.214 e. The second-order valence-corrected chi connectivity index (χ2v) is 8.73. The minimum absolute atomic E-state index is 0.0573. The van der Waals surface area contributed by atoms with E-state index in [1.54, 1.807) is 15.9 Å². The average Bonchev–Trinajstić information content (AvgIpc) is 3.14. The molecule has 1 fully saturated rings. The molecule has 0 N–H and O–H groups in total. The van der Waals surface area contributed by atoms with Crippen molar-refractivity contribution in [2.45, 2.75) is 51.8 Å². The van der Waals surface area contributed by atoms with E-state index in [0.29, 0.717) is 19.7 Å². The van der Waals surface area contributed by atoms with Crippen molar-refractivity contribution in [3.8, 4) is 5.75 Å². The highest BCUT2D eigenvalue weighted by molar-refractivity contribution is 7.89. The number of sulfonamides is 1. The molecule has 1 aliphatic heterocycles. The SMILES string of the molecule is CCS(=O)(=O)N1CCCCC1CCn1cc(COc2ccccc2)nn1. The van der Waals surface area contributed by atoms with Crippen molar-refractivity contribution >= 4 is 10.0 Å². The first-order valence-corrected chi connectivity index (χ1v) is 10.8. The fourth-order valence-corrected chi connectivity index (χ4v) is 4.67. The molecule has 0 bridgehead atoms. The van der Waals surface area contributed by atoms with E-state index in [1.807, 2.05) is 36.5 Å². The summed E-state index contributed by atoms with van der Waals surface area (Å²) in [6.07, 6.45) is 5.55. The lowest BCUT2D eigenvalue weighted by Crippen LogP contribution is -2.44. The molecule has 1 aromatic carbocycles. The first-order chi connectivity index (χ1) is 12.6. The van der Waals surface area contributed by atoms with E-state index in [-0.39, 0.29) is 11.8 Å². The lowest BCUT2D eigenvalue weighted by atomic mass is 10.0. The molecule has 1 aromatic heterocycles. The van der Waals surface area contributed by atoms with E-state index in [0.717, 1.165) is 37.1 Å². The predicted molar refractivity (Wildman–Crippen MR) is 99.2 cm³/mol. The van der Waals surface area contributed by atoms with Crippen LogP contribution in [0.5, 0.6) is 5.75 Å². The van der Waals surface area contributed by atoms with Crippen LogP contribution < -0.4 is 4.74 Å². The maximum atomic E-state index is 12.3. The van der Waals surface area contributed by atoms with Crippen LogP contribution in [0.2, 0.25) is 0 Å². The molecule has 0 saturated carbocycles. The van der Waals surface area contributed by atoms with Gasteiger partial charge in [-0.25, -0.2) is 8.42 Å². The van der Waals surface area contributed by atoms with Crippen LogP contribution in [0.3, 0.4) is 0 Å². The summed E-state index contributed by atoms with van der Waals surface area (Å²) in [6.45, 7) is 3.36. The fourth-order valence-electron chi connectivity index (χ4n) is 3.26. The zero-order chi connectivity index (χ0) is 18.4. The third-order valence-electron chi connectivity index (χ3n) is 4.70. The Balaban J connectivity index is 1.53. The van der Waals surface area contributed by atoms with Crippen molar-refractivity contribution in [3.63, 3.8) is 0 Å². The molecule has 8 heteroatoms. The van der Waals surface area contributed by atoms with Gasteiger partial charge in [0.05, 0.1) is 11.9 Å². The van der Waals surface area contributed by atoms with Crippen LogP contribution in [0.25, 0.3) is 0 Å². The van der Waals surface area contributed by atoms with Crippen molar-refractivity contribution in [3.05, 3.63) is 42.2 Å². The molecule has 1 unspecified atom stereocenters. The van der Waals surface area contributed by atoms with Gasteiger partial charge in [-0.3, -0.25) is 4.68 Å². The third kappa shape index (κ3) is 4.82. The molecular formula is C18H26N4O3S. The number of para-hydroxylation sites is 1. The van der Waals surface area contributed by atoms with Gasteiger partial charge in [0, 0.05) is 19.1 Å². The van der Waals surface area contributed by atoms with Gasteiger partial charge in [-0.2, -0.15) is 4.31 Å². The first-order valence-electron chi connectivity index (χ1n) is 9.15. The molecule has 0 aliphatic carbocycles. The lowest BCUT2D eigenvalue weighted by Gasteiger charge is -2.34. The van der Waals surface area contributed by atoms with Crippen LogP contribution in [0.4, 0.5) is 0 Å². The van der Waals surface area contributed by atoms with Gasteiger partial charge in [-0.1, -0.05) is 29.8 Å². The van der Waals surface area contributed by atoms with E-state index in [9.17, 15) is 8.42 Å². The number of rotatable bonds is 8. The van der Waals surface area contributed by atoms with Crippen molar-refractivity contribution in [1.82, 2.24) is 19.3 Å².